The van der Waals surface area contributed by atoms with E-state index in [1.807, 2.05) is 0 Å². The Hall–Kier alpha value is -0.570. The van der Waals surface area contributed by atoms with Crippen molar-refractivity contribution in [3.8, 4) is 0 Å². The third-order valence-electron chi connectivity index (χ3n) is 3.83. The number of esters is 1. The van der Waals surface area contributed by atoms with Crippen molar-refractivity contribution in [2.45, 2.75) is 45.6 Å². The fourth-order valence-corrected chi connectivity index (χ4v) is 2.88. The van der Waals surface area contributed by atoms with E-state index in [2.05, 4.69) is 18.7 Å². The van der Waals surface area contributed by atoms with Crippen LogP contribution in [0.15, 0.2) is 0 Å². The lowest BCUT2D eigenvalue weighted by Gasteiger charge is -2.41. The van der Waals surface area contributed by atoms with Crippen LogP contribution in [0.5, 0.6) is 0 Å². The standard InChI is InChI=1S/C13H23NO2/c1-13(2)7-4-8-14(9-13)11(10-5-6-10)12(15)16-3/h10-11H,4-9H2,1-3H3. The first-order valence-corrected chi connectivity index (χ1v) is 6.35. The van der Waals surface area contributed by atoms with Gasteiger partial charge in [-0.3, -0.25) is 9.69 Å². The summed E-state index contributed by atoms with van der Waals surface area (Å²) in [5, 5.41) is 0. The van der Waals surface area contributed by atoms with E-state index < -0.39 is 0 Å². The predicted octanol–water partition coefficient (Wildman–Crippen LogP) is 2.06. The number of likely N-dealkylation sites (tertiary alicyclic amines) is 1. The number of methoxy groups -OCH3 is 1. The molecule has 2 aliphatic rings. The zero-order valence-electron chi connectivity index (χ0n) is 10.7. The molecule has 0 N–H and O–H groups in total. The van der Waals surface area contributed by atoms with E-state index in [1.165, 1.54) is 32.8 Å². The summed E-state index contributed by atoms with van der Waals surface area (Å²) in [5.74, 6) is 0.529. The summed E-state index contributed by atoms with van der Waals surface area (Å²) in [4.78, 5) is 14.2. The van der Waals surface area contributed by atoms with E-state index >= 15 is 0 Å². The maximum atomic E-state index is 11.8. The molecular weight excluding hydrogens is 202 g/mol. The highest BCUT2D eigenvalue weighted by Gasteiger charge is 2.43. The van der Waals surface area contributed by atoms with Gasteiger partial charge in [0.25, 0.3) is 0 Å². The molecule has 92 valence electrons. The number of piperidine rings is 1. The van der Waals surface area contributed by atoms with Crippen LogP contribution < -0.4 is 0 Å². The summed E-state index contributed by atoms with van der Waals surface area (Å²) in [6.07, 6.45) is 4.85. The molecule has 1 aliphatic carbocycles. The molecule has 1 saturated heterocycles. The van der Waals surface area contributed by atoms with Crippen LogP contribution in [0.4, 0.5) is 0 Å². The average Bonchev–Trinajstić information content (AvgIpc) is 3.00. The Labute approximate surface area is 98.1 Å². The zero-order chi connectivity index (χ0) is 11.8. The van der Waals surface area contributed by atoms with Crippen LogP contribution in [0, 0.1) is 11.3 Å². The molecule has 0 radical (unpaired) electrons. The van der Waals surface area contributed by atoms with Crippen LogP contribution in [0.1, 0.15) is 39.5 Å². The van der Waals surface area contributed by atoms with Gasteiger partial charge in [-0.25, -0.2) is 0 Å². The van der Waals surface area contributed by atoms with E-state index in [1.54, 1.807) is 0 Å². The second-order valence-corrected chi connectivity index (χ2v) is 6.04. The molecule has 1 aliphatic heterocycles. The largest absolute Gasteiger partial charge is 0.468 e. The van der Waals surface area contributed by atoms with Gasteiger partial charge < -0.3 is 4.74 Å². The van der Waals surface area contributed by atoms with Gasteiger partial charge in [-0.15, -0.1) is 0 Å². The van der Waals surface area contributed by atoms with Crippen molar-refractivity contribution in [2.24, 2.45) is 11.3 Å². The highest BCUT2D eigenvalue weighted by atomic mass is 16.5. The maximum Gasteiger partial charge on any atom is 0.323 e. The van der Waals surface area contributed by atoms with Gasteiger partial charge >= 0.3 is 5.97 Å². The molecule has 0 spiro atoms. The summed E-state index contributed by atoms with van der Waals surface area (Å²) in [6, 6.07) is 0.0320. The lowest BCUT2D eigenvalue weighted by atomic mass is 9.83. The Bertz CT molecular complexity index is 271. The van der Waals surface area contributed by atoms with Gasteiger partial charge in [-0.05, 0) is 43.6 Å². The predicted molar refractivity (Wildman–Crippen MR) is 63.1 cm³/mol. The molecule has 16 heavy (non-hydrogen) atoms. The lowest BCUT2D eigenvalue weighted by molar-refractivity contribution is -0.149. The van der Waals surface area contributed by atoms with Gasteiger partial charge in [0.05, 0.1) is 7.11 Å². The fraction of sp³-hybridized carbons (Fsp3) is 0.923. The number of nitrogens with zero attached hydrogens (tertiary/aromatic N) is 1. The molecule has 2 rings (SSSR count). The van der Waals surface area contributed by atoms with Crippen LogP contribution in [-0.4, -0.2) is 37.1 Å². The van der Waals surface area contributed by atoms with Crippen LogP contribution in [0.3, 0.4) is 0 Å². The van der Waals surface area contributed by atoms with Crippen molar-refractivity contribution in [3.63, 3.8) is 0 Å². The van der Waals surface area contributed by atoms with E-state index in [-0.39, 0.29) is 12.0 Å². The van der Waals surface area contributed by atoms with Gasteiger partial charge in [0, 0.05) is 6.54 Å². The number of rotatable bonds is 3. The smallest absolute Gasteiger partial charge is 0.323 e. The van der Waals surface area contributed by atoms with Crippen molar-refractivity contribution < 1.29 is 9.53 Å². The van der Waals surface area contributed by atoms with E-state index in [4.69, 9.17) is 4.74 Å². The first-order valence-electron chi connectivity index (χ1n) is 6.35. The third kappa shape index (κ3) is 2.57. The molecule has 1 heterocycles. The Morgan fingerprint density at radius 3 is 2.62 bits per heavy atom. The molecular formula is C13H23NO2. The minimum Gasteiger partial charge on any atom is -0.468 e. The Balaban J connectivity index is 2.04. The van der Waals surface area contributed by atoms with Gasteiger partial charge in [-0.1, -0.05) is 13.8 Å². The molecule has 0 amide bonds. The zero-order valence-corrected chi connectivity index (χ0v) is 10.7. The fourth-order valence-electron chi connectivity index (χ4n) is 2.88. The summed E-state index contributed by atoms with van der Waals surface area (Å²) < 4.78 is 4.95. The van der Waals surface area contributed by atoms with Crippen molar-refractivity contribution in [1.82, 2.24) is 4.90 Å². The number of hydrogen-bond acceptors (Lipinski definition) is 3. The Kier molecular flexibility index (Phi) is 3.24. The molecule has 3 nitrogen and oxygen atoms in total. The van der Waals surface area contributed by atoms with E-state index in [0.29, 0.717) is 11.3 Å². The minimum absolute atomic E-state index is 0.0276. The summed E-state index contributed by atoms with van der Waals surface area (Å²) in [7, 11) is 1.51. The van der Waals surface area contributed by atoms with E-state index in [9.17, 15) is 4.79 Å². The maximum absolute atomic E-state index is 11.8. The Morgan fingerprint density at radius 2 is 2.12 bits per heavy atom. The third-order valence-corrected chi connectivity index (χ3v) is 3.83. The molecule has 0 aromatic rings. The molecule has 1 atom stereocenters. The molecule has 1 saturated carbocycles. The van der Waals surface area contributed by atoms with E-state index in [0.717, 1.165) is 13.1 Å². The molecule has 3 heteroatoms. The minimum atomic E-state index is -0.0276. The number of carbonyl (C=O) groups excluding carboxylic acids is 1. The second-order valence-electron chi connectivity index (χ2n) is 6.04. The van der Waals surface area contributed by atoms with Gasteiger partial charge in [0.1, 0.15) is 6.04 Å². The SMILES string of the molecule is COC(=O)C(C1CC1)N1CCCC(C)(C)C1. The number of hydrogen-bond donors (Lipinski definition) is 0. The van der Waals surface area contributed by atoms with Crippen molar-refractivity contribution in [1.29, 1.82) is 0 Å². The number of ether oxygens (including phenoxy) is 1. The molecule has 1 unspecified atom stereocenters. The van der Waals surface area contributed by atoms with Crippen molar-refractivity contribution in [3.05, 3.63) is 0 Å². The van der Waals surface area contributed by atoms with Gasteiger partial charge in [-0.2, -0.15) is 0 Å². The van der Waals surface area contributed by atoms with Crippen molar-refractivity contribution >= 4 is 5.97 Å². The molecule has 2 fully saturated rings. The first kappa shape index (κ1) is 11.9. The number of carbonyl (C=O) groups is 1. The molecule has 0 aromatic heterocycles. The highest BCUT2D eigenvalue weighted by molar-refractivity contribution is 5.76. The quantitative estimate of drug-likeness (QED) is 0.689. The average molecular weight is 225 g/mol. The lowest BCUT2D eigenvalue weighted by Crippen LogP contribution is -2.50. The van der Waals surface area contributed by atoms with Crippen LogP contribution >= 0.6 is 0 Å². The molecule has 0 bridgehead atoms. The van der Waals surface area contributed by atoms with Crippen molar-refractivity contribution in [2.75, 3.05) is 20.2 Å². The highest BCUT2D eigenvalue weighted by Crippen LogP contribution is 2.39. The van der Waals surface area contributed by atoms with Crippen LogP contribution in [0.2, 0.25) is 0 Å². The Morgan fingerprint density at radius 1 is 1.44 bits per heavy atom. The normalized spacial score (nSPS) is 27.4. The topological polar surface area (TPSA) is 29.5 Å². The monoisotopic (exact) mass is 225 g/mol. The molecule has 0 aromatic carbocycles. The van der Waals surface area contributed by atoms with Crippen LogP contribution in [0.25, 0.3) is 0 Å². The van der Waals surface area contributed by atoms with Gasteiger partial charge in [0.15, 0.2) is 0 Å². The summed E-state index contributed by atoms with van der Waals surface area (Å²) in [6.45, 7) is 6.67. The van der Waals surface area contributed by atoms with Crippen LogP contribution in [-0.2, 0) is 9.53 Å². The summed E-state index contributed by atoms with van der Waals surface area (Å²) in [5.41, 5.74) is 0.347. The van der Waals surface area contributed by atoms with Gasteiger partial charge in [0.2, 0.25) is 0 Å². The second kappa shape index (κ2) is 4.36. The first-order chi connectivity index (χ1) is 7.53. The summed E-state index contributed by atoms with van der Waals surface area (Å²) >= 11 is 0.